The highest BCUT2D eigenvalue weighted by Crippen LogP contribution is 2.46. The number of fused-ring (bicyclic) bond motifs is 1. The lowest BCUT2D eigenvalue weighted by Gasteiger charge is -2.28. The zero-order valence-corrected chi connectivity index (χ0v) is 17.8. The van der Waals surface area contributed by atoms with Crippen molar-refractivity contribution in [2.24, 2.45) is 0 Å². The maximum atomic E-state index is 13.7. The molecule has 0 spiro atoms. The summed E-state index contributed by atoms with van der Waals surface area (Å²) in [4.78, 5) is 13.7. The van der Waals surface area contributed by atoms with Gasteiger partial charge in [0.05, 0.1) is 10.6 Å². The molecule has 30 heavy (non-hydrogen) atoms. The van der Waals surface area contributed by atoms with E-state index in [1.54, 1.807) is 60.7 Å². The zero-order chi connectivity index (χ0) is 21.5. The molecule has 0 radical (unpaired) electrons. The molecular weight excluding hydrogens is 394 g/mol. The standard InChI is InChI=1S/C25H23NO3S/c1-4-21-22-16-18(3)12-15-23(22)26(24(21)25(27)19-8-6-5-7-9-19)30(28,29)20-13-10-17(2)11-14-20/h4-16,21,24H,1H2,2-3H3. The Balaban J connectivity index is 1.93. The van der Waals surface area contributed by atoms with Gasteiger partial charge in [-0.15, -0.1) is 6.58 Å². The number of anilines is 1. The predicted octanol–water partition coefficient (Wildman–Crippen LogP) is 5.03. The van der Waals surface area contributed by atoms with E-state index >= 15 is 0 Å². The first-order valence-corrected chi connectivity index (χ1v) is 11.2. The van der Waals surface area contributed by atoms with E-state index in [0.29, 0.717) is 11.3 Å². The van der Waals surface area contributed by atoms with Crippen molar-refractivity contribution >= 4 is 21.5 Å². The van der Waals surface area contributed by atoms with Gasteiger partial charge in [0.15, 0.2) is 5.78 Å². The zero-order valence-electron chi connectivity index (χ0n) is 16.9. The van der Waals surface area contributed by atoms with Crippen molar-refractivity contribution in [1.29, 1.82) is 0 Å². The molecule has 5 heteroatoms. The van der Waals surface area contributed by atoms with Crippen LogP contribution in [-0.4, -0.2) is 20.2 Å². The highest BCUT2D eigenvalue weighted by molar-refractivity contribution is 7.93. The van der Waals surface area contributed by atoms with Crippen LogP contribution in [0.3, 0.4) is 0 Å². The second-order valence-electron chi connectivity index (χ2n) is 7.61. The van der Waals surface area contributed by atoms with Gasteiger partial charge in [-0.2, -0.15) is 0 Å². The highest BCUT2D eigenvalue weighted by atomic mass is 32.2. The number of nitrogens with zero attached hydrogens (tertiary/aromatic N) is 1. The molecule has 1 aliphatic rings. The van der Waals surface area contributed by atoms with E-state index in [1.165, 1.54) is 4.31 Å². The molecule has 0 fully saturated rings. The van der Waals surface area contributed by atoms with Crippen LogP contribution in [0.4, 0.5) is 5.69 Å². The summed E-state index contributed by atoms with van der Waals surface area (Å²) < 4.78 is 28.8. The average molecular weight is 418 g/mol. The van der Waals surface area contributed by atoms with E-state index in [4.69, 9.17) is 0 Å². The van der Waals surface area contributed by atoms with E-state index in [1.807, 2.05) is 32.0 Å². The molecule has 0 N–H and O–H groups in total. The normalized spacial score (nSPS) is 18.1. The Morgan fingerprint density at radius 1 is 0.933 bits per heavy atom. The third-order valence-electron chi connectivity index (χ3n) is 5.53. The van der Waals surface area contributed by atoms with Gasteiger partial charge in [-0.3, -0.25) is 9.10 Å². The number of Topliss-reactive ketones (excluding diaryl/α,β-unsaturated/α-hetero) is 1. The summed E-state index contributed by atoms with van der Waals surface area (Å²) in [6, 6.07) is 20.2. The predicted molar refractivity (Wildman–Crippen MR) is 120 cm³/mol. The summed E-state index contributed by atoms with van der Waals surface area (Å²) >= 11 is 0. The number of sulfonamides is 1. The van der Waals surface area contributed by atoms with Gasteiger partial charge in [0.1, 0.15) is 6.04 Å². The molecular formula is C25H23NO3S. The van der Waals surface area contributed by atoms with Crippen LogP contribution < -0.4 is 4.31 Å². The van der Waals surface area contributed by atoms with Gasteiger partial charge in [0, 0.05) is 11.5 Å². The summed E-state index contributed by atoms with van der Waals surface area (Å²) in [6.07, 6.45) is 1.68. The van der Waals surface area contributed by atoms with Gasteiger partial charge in [-0.05, 0) is 37.6 Å². The van der Waals surface area contributed by atoms with Crippen LogP contribution in [0.5, 0.6) is 0 Å². The smallest absolute Gasteiger partial charge is 0.265 e. The van der Waals surface area contributed by atoms with Crippen molar-refractivity contribution < 1.29 is 13.2 Å². The Kier molecular flexibility index (Phi) is 5.08. The average Bonchev–Trinajstić information content (AvgIpc) is 3.08. The molecule has 152 valence electrons. The lowest BCUT2D eigenvalue weighted by atomic mass is 9.89. The molecule has 1 aliphatic heterocycles. The molecule has 0 saturated heterocycles. The SMILES string of the molecule is C=CC1c2cc(C)ccc2N(S(=O)(=O)c2ccc(C)cc2)C1C(=O)c1ccccc1. The lowest BCUT2D eigenvalue weighted by molar-refractivity contribution is 0.0961. The topological polar surface area (TPSA) is 54.5 Å². The number of hydrogen-bond acceptors (Lipinski definition) is 3. The number of ketones is 1. The fraction of sp³-hybridized carbons (Fsp3) is 0.160. The number of aryl methyl sites for hydroxylation is 2. The summed E-state index contributed by atoms with van der Waals surface area (Å²) in [7, 11) is -3.96. The van der Waals surface area contributed by atoms with Crippen LogP contribution in [0.25, 0.3) is 0 Å². The van der Waals surface area contributed by atoms with E-state index in [2.05, 4.69) is 6.58 Å². The fourth-order valence-electron chi connectivity index (χ4n) is 4.01. The molecule has 0 bridgehead atoms. The monoisotopic (exact) mass is 417 g/mol. The minimum atomic E-state index is -3.96. The Labute approximate surface area is 177 Å². The van der Waals surface area contributed by atoms with Crippen LogP contribution in [0.1, 0.15) is 33.0 Å². The summed E-state index contributed by atoms with van der Waals surface area (Å²) in [5, 5.41) is 0. The molecule has 2 atom stereocenters. The van der Waals surface area contributed by atoms with Crippen molar-refractivity contribution in [3.8, 4) is 0 Å². The molecule has 0 aliphatic carbocycles. The Bertz CT molecular complexity index is 1220. The van der Waals surface area contributed by atoms with Gasteiger partial charge in [-0.25, -0.2) is 8.42 Å². The third kappa shape index (κ3) is 3.25. The van der Waals surface area contributed by atoms with Crippen molar-refractivity contribution in [2.45, 2.75) is 30.7 Å². The molecule has 4 nitrogen and oxygen atoms in total. The van der Waals surface area contributed by atoms with E-state index in [-0.39, 0.29) is 10.7 Å². The molecule has 4 rings (SSSR count). The number of carbonyl (C=O) groups is 1. The molecule has 3 aromatic rings. The first-order chi connectivity index (χ1) is 14.3. The maximum Gasteiger partial charge on any atom is 0.265 e. The van der Waals surface area contributed by atoms with Gasteiger partial charge in [0.2, 0.25) is 0 Å². The van der Waals surface area contributed by atoms with Gasteiger partial charge < -0.3 is 0 Å². The molecule has 3 aromatic carbocycles. The van der Waals surface area contributed by atoms with Crippen LogP contribution in [0, 0.1) is 13.8 Å². The first kappa shape index (κ1) is 20.1. The largest absolute Gasteiger partial charge is 0.292 e. The minimum Gasteiger partial charge on any atom is -0.292 e. The Hall–Kier alpha value is -3.18. The Morgan fingerprint density at radius 3 is 2.20 bits per heavy atom. The van der Waals surface area contributed by atoms with Gasteiger partial charge in [0.25, 0.3) is 10.0 Å². The summed E-state index contributed by atoms with van der Waals surface area (Å²) in [5.74, 6) is -0.683. The first-order valence-electron chi connectivity index (χ1n) is 9.78. The number of rotatable bonds is 5. The van der Waals surface area contributed by atoms with Crippen LogP contribution in [0.15, 0.2) is 90.3 Å². The number of benzene rings is 3. The van der Waals surface area contributed by atoms with Crippen molar-refractivity contribution in [1.82, 2.24) is 0 Å². The van der Waals surface area contributed by atoms with Crippen LogP contribution in [0.2, 0.25) is 0 Å². The second kappa shape index (κ2) is 7.58. The molecule has 0 amide bonds. The van der Waals surface area contributed by atoms with E-state index < -0.39 is 22.0 Å². The van der Waals surface area contributed by atoms with E-state index in [0.717, 1.165) is 16.7 Å². The van der Waals surface area contributed by atoms with Crippen LogP contribution in [-0.2, 0) is 10.0 Å². The maximum absolute atomic E-state index is 13.7. The second-order valence-corrected chi connectivity index (χ2v) is 9.43. The summed E-state index contributed by atoms with van der Waals surface area (Å²) in [6.45, 7) is 7.78. The molecule has 0 saturated carbocycles. The lowest BCUT2D eigenvalue weighted by Crippen LogP contribution is -2.44. The van der Waals surface area contributed by atoms with Crippen molar-refractivity contribution in [2.75, 3.05) is 4.31 Å². The quantitative estimate of drug-likeness (QED) is 0.432. The molecule has 2 unspecified atom stereocenters. The van der Waals surface area contributed by atoms with Gasteiger partial charge in [-0.1, -0.05) is 71.8 Å². The van der Waals surface area contributed by atoms with Crippen molar-refractivity contribution in [3.63, 3.8) is 0 Å². The Morgan fingerprint density at radius 2 is 1.57 bits per heavy atom. The minimum absolute atomic E-state index is 0.162. The number of carbonyl (C=O) groups excluding carboxylic acids is 1. The van der Waals surface area contributed by atoms with E-state index in [9.17, 15) is 13.2 Å². The van der Waals surface area contributed by atoms with Crippen LogP contribution >= 0.6 is 0 Å². The van der Waals surface area contributed by atoms with Crippen molar-refractivity contribution in [3.05, 3.63) is 108 Å². The molecule has 1 heterocycles. The number of hydrogen-bond donors (Lipinski definition) is 0. The molecule has 0 aromatic heterocycles. The summed E-state index contributed by atoms with van der Waals surface area (Å²) in [5.41, 5.74) is 3.77. The fourth-order valence-corrected chi connectivity index (χ4v) is 5.67. The third-order valence-corrected chi connectivity index (χ3v) is 7.34. The highest BCUT2D eigenvalue weighted by Gasteiger charge is 2.47. The van der Waals surface area contributed by atoms with Gasteiger partial charge >= 0.3 is 0 Å².